The van der Waals surface area contributed by atoms with E-state index in [1.807, 2.05) is 6.92 Å². The van der Waals surface area contributed by atoms with Crippen LogP contribution in [0.1, 0.15) is 50.5 Å². The average Bonchev–Trinajstić information content (AvgIpc) is 2.91. The minimum atomic E-state index is -0.765. The minimum Gasteiger partial charge on any atom is -0.297 e. The Labute approximate surface area is 113 Å². The van der Waals surface area contributed by atoms with Crippen molar-refractivity contribution in [3.8, 4) is 6.07 Å². The summed E-state index contributed by atoms with van der Waals surface area (Å²) in [5, 5.41) is 9.32. The number of Topliss-reactive ketones (excluding diaryl/α,β-unsaturated/α-hetero) is 1. The summed E-state index contributed by atoms with van der Waals surface area (Å²) in [7, 11) is 0. The fraction of sp³-hybridized carbons (Fsp3) is 0.500. The number of nitrogens with zero attached hydrogens (tertiary/aromatic N) is 1. The fourth-order valence-corrected chi connectivity index (χ4v) is 3.07. The molecule has 1 fully saturated rings. The van der Waals surface area contributed by atoms with Crippen LogP contribution in [0.5, 0.6) is 0 Å². The Balaban J connectivity index is 2.29. The van der Waals surface area contributed by atoms with Gasteiger partial charge in [-0.1, -0.05) is 31.9 Å². The van der Waals surface area contributed by atoms with E-state index in [1.165, 1.54) is 12.1 Å². The van der Waals surface area contributed by atoms with Gasteiger partial charge in [0.1, 0.15) is 11.7 Å². The Hall–Kier alpha value is -1.69. The predicted octanol–water partition coefficient (Wildman–Crippen LogP) is 3.97. The molecule has 1 aliphatic carbocycles. The van der Waals surface area contributed by atoms with E-state index in [4.69, 9.17) is 0 Å². The van der Waals surface area contributed by atoms with Gasteiger partial charge in [-0.25, -0.2) is 4.39 Å². The molecule has 1 aromatic rings. The van der Waals surface area contributed by atoms with Crippen LogP contribution in [0.4, 0.5) is 4.39 Å². The zero-order valence-electron chi connectivity index (χ0n) is 11.2. The normalized spacial score (nSPS) is 18.8. The van der Waals surface area contributed by atoms with Gasteiger partial charge in [-0.3, -0.25) is 4.79 Å². The standard InChI is InChI=1S/C16H18FNO/c1-2-16(9-3-4-10-16)15(19)14(11-18)12-5-7-13(17)8-6-12/h5-8,14H,2-4,9-10H2,1H3. The zero-order valence-corrected chi connectivity index (χ0v) is 11.2. The van der Waals surface area contributed by atoms with Gasteiger partial charge in [0, 0.05) is 5.41 Å². The molecular weight excluding hydrogens is 241 g/mol. The van der Waals surface area contributed by atoms with E-state index in [0.717, 1.165) is 32.1 Å². The number of hydrogen-bond donors (Lipinski definition) is 0. The minimum absolute atomic E-state index is 0.0154. The SMILES string of the molecule is CCC1(C(=O)C(C#N)c2ccc(F)cc2)CCCC1. The average molecular weight is 259 g/mol. The van der Waals surface area contributed by atoms with Gasteiger partial charge in [-0.15, -0.1) is 0 Å². The quantitative estimate of drug-likeness (QED) is 0.820. The molecule has 0 aromatic heterocycles. The molecule has 1 aliphatic rings. The molecule has 1 unspecified atom stereocenters. The molecule has 3 heteroatoms. The van der Waals surface area contributed by atoms with Gasteiger partial charge in [0.2, 0.25) is 0 Å². The van der Waals surface area contributed by atoms with Gasteiger partial charge in [-0.2, -0.15) is 5.26 Å². The van der Waals surface area contributed by atoms with Crippen LogP contribution in [-0.2, 0) is 4.79 Å². The van der Waals surface area contributed by atoms with Gasteiger partial charge in [-0.05, 0) is 37.0 Å². The lowest BCUT2D eigenvalue weighted by molar-refractivity contribution is -0.129. The molecule has 0 N–H and O–H groups in total. The number of halogens is 1. The molecule has 2 rings (SSSR count). The highest BCUT2D eigenvalue weighted by molar-refractivity contribution is 5.93. The van der Waals surface area contributed by atoms with Gasteiger partial charge in [0.15, 0.2) is 5.78 Å². The molecule has 1 saturated carbocycles. The van der Waals surface area contributed by atoms with Crippen molar-refractivity contribution in [2.24, 2.45) is 5.41 Å². The van der Waals surface area contributed by atoms with Crippen molar-refractivity contribution in [3.05, 3.63) is 35.6 Å². The lowest BCUT2D eigenvalue weighted by Crippen LogP contribution is -2.31. The van der Waals surface area contributed by atoms with E-state index in [-0.39, 0.29) is 17.0 Å². The van der Waals surface area contributed by atoms with Crippen molar-refractivity contribution in [2.45, 2.75) is 44.9 Å². The van der Waals surface area contributed by atoms with Crippen LogP contribution in [0.15, 0.2) is 24.3 Å². The lowest BCUT2D eigenvalue weighted by atomic mass is 9.73. The first kappa shape index (κ1) is 13.7. The molecule has 0 heterocycles. The summed E-state index contributed by atoms with van der Waals surface area (Å²) in [6.45, 7) is 2.02. The third kappa shape index (κ3) is 2.53. The Kier molecular flexibility index (Phi) is 3.99. The maximum atomic E-state index is 12.9. The highest BCUT2D eigenvalue weighted by Gasteiger charge is 2.42. The maximum Gasteiger partial charge on any atom is 0.160 e. The Morgan fingerprint density at radius 3 is 2.42 bits per heavy atom. The third-order valence-corrected chi connectivity index (χ3v) is 4.35. The summed E-state index contributed by atoms with van der Waals surface area (Å²) >= 11 is 0. The monoisotopic (exact) mass is 259 g/mol. The molecule has 1 aromatic carbocycles. The molecule has 0 aliphatic heterocycles. The molecule has 1 atom stereocenters. The van der Waals surface area contributed by atoms with E-state index < -0.39 is 5.92 Å². The highest BCUT2D eigenvalue weighted by atomic mass is 19.1. The van der Waals surface area contributed by atoms with Crippen LogP contribution in [0, 0.1) is 22.6 Å². The number of benzene rings is 1. The van der Waals surface area contributed by atoms with Crippen LogP contribution in [0.3, 0.4) is 0 Å². The van der Waals surface area contributed by atoms with Crippen molar-refractivity contribution in [3.63, 3.8) is 0 Å². The van der Waals surface area contributed by atoms with Crippen LogP contribution < -0.4 is 0 Å². The fourth-order valence-electron chi connectivity index (χ4n) is 3.07. The van der Waals surface area contributed by atoms with E-state index >= 15 is 0 Å². The van der Waals surface area contributed by atoms with E-state index in [9.17, 15) is 14.4 Å². The van der Waals surface area contributed by atoms with E-state index in [1.54, 1.807) is 12.1 Å². The molecule has 0 saturated heterocycles. The summed E-state index contributed by atoms with van der Waals surface area (Å²) in [5.74, 6) is -1.10. The Bertz CT molecular complexity index is 494. The summed E-state index contributed by atoms with van der Waals surface area (Å²) in [6.07, 6.45) is 4.65. The van der Waals surface area contributed by atoms with Crippen molar-refractivity contribution >= 4 is 5.78 Å². The summed E-state index contributed by atoms with van der Waals surface area (Å²) in [6, 6.07) is 7.80. The van der Waals surface area contributed by atoms with Crippen LogP contribution in [0.25, 0.3) is 0 Å². The predicted molar refractivity (Wildman–Crippen MR) is 71.0 cm³/mol. The number of carbonyl (C=O) groups is 1. The van der Waals surface area contributed by atoms with E-state index in [0.29, 0.717) is 5.56 Å². The molecule has 100 valence electrons. The van der Waals surface area contributed by atoms with Crippen molar-refractivity contribution < 1.29 is 9.18 Å². The third-order valence-electron chi connectivity index (χ3n) is 4.35. The summed E-state index contributed by atoms with van der Waals surface area (Å²) in [5.41, 5.74) is 0.267. The molecule has 19 heavy (non-hydrogen) atoms. The second kappa shape index (κ2) is 5.52. The van der Waals surface area contributed by atoms with Crippen molar-refractivity contribution in [2.75, 3.05) is 0 Å². The topological polar surface area (TPSA) is 40.9 Å². The van der Waals surface area contributed by atoms with Gasteiger partial charge in [0.05, 0.1) is 6.07 Å². The maximum absolute atomic E-state index is 12.9. The molecule has 0 bridgehead atoms. The molecule has 2 nitrogen and oxygen atoms in total. The molecular formula is C16H18FNO. The molecule has 0 spiro atoms. The number of carbonyl (C=O) groups excluding carboxylic acids is 1. The Morgan fingerprint density at radius 2 is 1.95 bits per heavy atom. The lowest BCUT2D eigenvalue weighted by Gasteiger charge is -2.28. The number of ketones is 1. The van der Waals surface area contributed by atoms with Gasteiger partial charge < -0.3 is 0 Å². The summed E-state index contributed by atoms with van der Waals surface area (Å²) < 4.78 is 12.9. The van der Waals surface area contributed by atoms with E-state index in [2.05, 4.69) is 6.07 Å². The highest BCUT2D eigenvalue weighted by Crippen LogP contribution is 2.44. The first-order chi connectivity index (χ1) is 9.13. The Morgan fingerprint density at radius 1 is 1.37 bits per heavy atom. The van der Waals surface area contributed by atoms with Crippen molar-refractivity contribution in [1.29, 1.82) is 5.26 Å². The number of nitriles is 1. The van der Waals surface area contributed by atoms with Gasteiger partial charge in [0.25, 0.3) is 0 Å². The summed E-state index contributed by atoms with van der Waals surface area (Å²) in [4.78, 5) is 12.7. The molecule has 0 radical (unpaired) electrons. The van der Waals surface area contributed by atoms with Crippen LogP contribution in [0.2, 0.25) is 0 Å². The van der Waals surface area contributed by atoms with Gasteiger partial charge >= 0.3 is 0 Å². The number of rotatable bonds is 4. The smallest absolute Gasteiger partial charge is 0.160 e. The zero-order chi connectivity index (χ0) is 13.9. The second-order valence-corrected chi connectivity index (χ2v) is 5.32. The van der Waals surface area contributed by atoms with Crippen LogP contribution >= 0.6 is 0 Å². The second-order valence-electron chi connectivity index (χ2n) is 5.32. The largest absolute Gasteiger partial charge is 0.297 e. The first-order valence-corrected chi connectivity index (χ1v) is 6.82. The number of hydrogen-bond acceptors (Lipinski definition) is 2. The van der Waals surface area contributed by atoms with Crippen LogP contribution in [-0.4, -0.2) is 5.78 Å². The first-order valence-electron chi connectivity index (χ1n) is 6.82. The van der Waals surface area contributed by atoms with Crippen molar-refractivity contribution in [1.82, 2.24) is 0 Å². The molecule has 0 amide bonds.